The summed E-state index contributed by atoms with van der Waals surface area (Å²) in [6.45, 7) is 0.508. The van der Waals surface area contributed by atoms with Crippen LogP contribution in [-0.2, 0) is 14.3 Å². The number of thioether (sulfide) groups is 1. The Bertz CT molecular complexity index is 699. The lowest BCUT2D eigenvalue weighted by molar-refractivity contribution is -0.146. The largest absolute Gasteiger partial charge is 0.465 e. The molecule has 4 bridgehead atoms. The second-order valence-corrected chi connectivity index (χ2v) is 9.16. The maximum absolute atomic E-state index is 12.2. The van der Waals surface area contributed by atoms with E-state index in [2.05, 4.69) is 29.4 Å². The Morgan fingerprint density at radius 3 is 2.64 bits per heavy atom. The van der Waals surface area contributed by atoms with Crippen LogP contribution < -0.4 is 5.32 Å². The molecule has 0 unspecified atom stereocenters. The molecule has 0 spiro atoms. The van der Waals surface area contributed by atoms with Gasteiger partial charge >= 0.3 is 5.97 Å². The van der Waals surface area contributed by atoms with Crippen LogP contribution in [-0.4, -0.2) is 54.0 Å². The van der Waals surface area contributed by atoms with Crippen LogP contribution in [0.1, 0.15) is 43.6 Å². The third kappa shape index (κ3) is 4.66. The first-order valence-electron chi connectivity index (χ1n) is 9.97. The molecule has 4 aliphatic rings. The number of nitrogens with zero attached hydrogens (tertiary/aromatic N) is 1. The van der Waals surface area contributed by atoms with Gasteiger partial charge in [0.25, 0.3) is 0 Å². The van der Waals surface area contributed by atoms with Crippen molar-refractivity contribution < 1.29 is 14.3 Å². The van der Waals surface area contributed by atoms with E-state index in [4.69, 9.17) is 4.74 Å². The highest BCUT2D eigenvalue weighted by atomic mass is 35.5. The summed E-state index contributed by atoms with van der Waals surface area (Å²) in [6, 6.07) is 9.40. The molecule has 4 atom stereocenters. The van der Waals surface area contributed by atoms with Gasteiger partial charge in [0.2, 0.25) is 5.91 Å². The molecule has 1 N–H and O–H groups in total. The molecule has 2 saturated heterocycles. The number of halogens is 1. The van der Waals surface area contributed by atoms with Gasteiger partial charge in [-0.3, -0.25) is 9.59 Å². The summed E-state index contributed by atoms with van der Waals surface area (Å²) in [5, 5.41) is 2.98. The molecule has 28 heavy (non-hydrogen) atoms. The van der Waals surface area contributed by atoms with Crippen LogP contribution in [0.2, 0.25) is 0 Å². The molecule has 0 aliphatic carbocycles. The molecule has 4 aliphatic heterocycles. The van der Waals surface area contributed by atoms with Gasteiger partial charge in [-0.05, 0) is 49.9 Å². The molecular formula is C21H29ClN2O3S. The van der Waals surface area contributed by atoms with Crippen molar-refractivity contribution in [3.63, 3.8) is 0 Å². The van der Waals surface area contributed by atoms with E-state index in [9.17, 15) is 9.59 Å². The topological polar surface area (TPSA) is 58.6 Å². The molecular weight excluding hydrogens is 396 g/mol. The van der Waals surface area contributed by atoms with Gasteiger partial charge in [-0.1, -0.05) is 12.1 Å². The summed E-state index contributed by atoms with van der Waals surface area (Å²) in [7, 11) is 2.22. The second kappa shape index (κ2) is 9.51. The molecule has 5 rings (SSSR count). The Labute approximate surface area is 177 Å². The number of esters is 1. The number of nitrogens with one attached hydrogen (secondary N) is 1. The summed E-state index contributed by atoms with van der Waals surface area (Å²) in [4.78, 5) is 26.8. The maximum Gasteiger partial charge on any atom is 0.306 e. The van der Waals surface area contributed by atoms with Crippen molar-refractivity contribution >= 4 is 41.7 Å². The Kier molecular flexibility index (Phi) is 7.29. The molecule has 7 heteroatoms. The minimum Gasteiger partial charge on any atom is -0.465 e. The highest BCUT2D eigenvalue weighted by Gasteiger charge is 2.46. The van der Waals surface area contributed by atoms with E-state index in [-0.39, 0.29) is 24.3 Å². The molecule has 0 aromatic heterocycles. The Hall–Kier alpha value is -1.24. The number of hydrogen-bond donors (Lipinski definition) is 1. The van der Waals surface area contributed by atoms with Gasteiger partial charge in [0.15, 0.2) is 0 Å². The van der Waals surface area contributed by atoms with Crippen molar-refractivity contribution in [1.82, 2.24) is 4.90 Å². The van der Waals surface area contributed by atoms with E-state index in [0.717, 1.165) is 17.9 Å². The second-order valence-electron chi connectivity index (χ2n) is 7.94. The van der Waals surface area contributed by atoms with Crippen molar-refractivity contribution in [2.24, 2.45) is 5.92 Å². The van der Waals surface area contributed by atoms with Gasteiger partial charge in [-0.15, -0.1) is 12.4 Å². The number of carbonyl (C=O) groups is 2. The Morgan fingerprint density at radius 1 is 1.11 bits per heavy atom. The standard InChI is InChI=1S/C21H28N2O3S.ClH/c1-23-16-6-7-19(23)18-13-26-21(25)9-11-27-10-8-20(24)22-15-4-2-14(3-5-15)17(18)12-16;/h2-5,16-19H,6-13H2,1H3,(H,22,24);1H/t16-,17+,18-,19+;/m0./s1. The predicted octanol–water partition coefficient (Wildman–Crippen LogP) is 3.68. The van der Waals surface area contributed by atoms with Crippen LogP contribution in [0, 0.1) is 5.92 Å². The third-order valence-corrected chi connectivity index (χ3v) is 7.40. The van der Waals surface area contributed by atoms with E-state index in [1.807, 2.05) is 12.1 Å². The van der Waals surface area contributed by atoms with Crippen molar-refractivity contribution in [2.75, 3.05) is 30.5 Å². The number of carbonyl (C=O) groups excluding carboxylic acids is 2. The minimum absolute atomic E-state index is 0. The van der Waals surface area contributed by atoms with E-state index in [1.165, 1.54) is 18.4 Å². The Balaban J connectivity index is 0.00000225. The van der Waals surface area contributed by atoms with Gasteiger partial charge in [0.05, 0.1) is 13.0 Å². The highest BCUT2D eigenvalue weighted by Crippen LogP contribution is 2.46. The first-order chi connectivity index (χ1) is 13.1. The van der Waals surface area contributed by atoms with Gasteiger partial charge in [0.1, 0.15) is 0 Å². The van der Waals surface area contributed by atoms with Crippen molar-refractivity contribution in [1.29, 1.82) is 0 Å². The predicted molar refractivity (Wildman–Crippen MR) is 115 cm³/mol. The zero-order valence-electron chi connectivity index (χ0n) is 16.3. The number of hydrogen-bond acceptors (Lipinski definition) is 5. The van der Waals surface area contributed by atoms with E-state index in [0.29, 0.717) is 49.1 Å². The van der Waals surface area contributed by atoms with Crippen LogP contribution in [0.5, 0.6) is 0 Å². The first kappa shape index (κ1) is 21.5. The summed E-state index contributed by atoms with van der Waals surface area (Å²) in [6.07, 6.45) is 4.40. The Morgan fingerprint density at radius 2 is 1.86 bits per heavy atom. The molecule has 2 fully saturated rings. The fourth-order valence-corrected chi connectivity index (χ4v) is 5.75. The van der Waals surface area contributed by atoms with E-state index in [1.54, 1.807) is 11.8 Å². The maximum atomic E-state index is 12.2. The molecule has 4 heterocycles. The third-order valence-electron chi connectivity index (χ3n) is 6.42. The number of ether oxygens (including phenoxy) is 1. The zero-order valence-corrected chi connectivity index (χ0v) is 17.9. The molecule has 0 radical (unpaired) electrons. The number of fused-ring (bicyclic) bond motifs is 13. The summed E-state index contributed by atoms with van der Waals surface area (Å²) < 4.78 is 5.71. The highest BCUT2D eigenvalue weighted by molar-refractivity contribution is 7.99. The van der Waals surface area contributed by atoms with Gasteiger partial charge in [-0.2, -0.15) is 11.8 Å². The first-order valence-corrected chi connectivity index (χ1v) is 11.1. The van der Waals surface area contributed by atoms with Crippen LogP contribution in [0.15, 0.2) is 24.3 Å². The van der Waals surface area contributed by atoms with Gasteiger partial charge in [-0.25, -0.2) is 0 Å². The summed E-state index contributed by atoms with van der Waals surface area (Å²) in [5.74, 6) is 2.07. The average Bonchev–Trinajstić information content (AvgIpc) is 2.90. The van der Waals surface area contributed by atoms with Crippen LogP contribution in [0.25, 0.3) is 0 Å². The molecule has 0 saturated carbocycles. The number of rotatable bonds is 0. The van der Waals surface area contributed by atoms with Gasteiger partial charge in [0, 0.05) is 41.6 Å². The van der Waals surface area contributed by atoms with Crippen molar-refractivity contribution in [3.8, 4) is 0 Å². The molecule has 1 amide bonds. The van der Waals surface area contributed by atoms with Gasteiger partial charge < -0.3 is 15.0 Å². The smallest absolute Gasteiger partial charge is 0.306 e. The minimum atomic E-state index is -0.115. The monoisotopic (exact) mass is 424 g/mol. The normalized spacial score (nSPS) is 31.5. The lowest BCUT2D eigenvalue weighted by atomic mass is 9.76. The quantitative estimate of drug-likeness (QED) is 0.644. The van der Waals surface area contributed by atoms with Crippen LogP contribution >= 0.6 is 24.2 Å². The number of amides is 1. The number of piperidine rings is 1. The number of benzene rings is 1. The van der Waals surface area contributed by atoms with Crippen LogP contribution in [0.3, 0.4) is 0 Å². The SMILES string of the molecule is CN1[C@H]2CC[C@@H]1[C@H]1COC(=O)CCSCCC(=O)Nc3ccc(cc3)[C@H]1C2.Cl. The summed E-state index contributed by atoms with van der Waals surface area (Å²) >= 11 is 1.63. The summed E-state index contributed by atoms with van der Waals surface area (Å²) in [5.41, 5.74) is 2.15. The molecule has 5 nitrogen and oxygen atoms in total. The molecule has 1 aromatic rings. The van der Waals surface area contributed by atoms with E-state index < -0.39 is 0 Å². The lowest BCUT2D eigenvalue weighted by Crippen LogP contribution is -2.47. The average molecular weight is 425 g/mol. The van der Waals surface area contributed by atoms with Crippen LogP contribution in [0.4, 0.5) is 5.69 Å². The molecule has 154 valence electrons. The lowest BCUT2D eigenvalue weighted by Gasteiger charge is -2.43. The van der Waals surface area contributed by atoms with Crippen molar-refractivity contribution in [2.45, 2.75) is 50.1 Å². The zero-order chi connectivity index (χ0) is 18.8. The van der Waals surface area contributed by atoms with E-state index >= 15 is 0 Å². The van der Waals surface area contributed by atoms with Crippen molar-refractivity contribution in [3.05, 3.63) is 29.8 Å². The molecule has 1 aromatic carbocycles. The number of anilines is 1. The fraction of sp³-hybridized carbons (Fsp3) is 0.619. The fourth-order valence-electron chi connectivity index (χ4n) is 4.91.